The number of benzene rings is 1. The van der Waals surface area contributed by atoms with Gasteiger partial charge in [-0.15, -0.1) is 0 Å². The minimum absolute atomic E-state index is 0.00127. The molecule has 2 aromatic rings. The molecule has 1 aliphatic heterocycles. The highest BCUT2D eigenvalue weighted by atomic mass is 16.5. The molecule has 3 rings (SSSR count). The summed E-state index contributed by atoms with van der Waals surface area (Å²) in [6, 6.07) is 6.10. The molecule has 2 atom stereocenters. The highest BCUT2D eigenvalue weighted by molar-refractivity contribution is 5.94. The monoisotopic (exact) mass is 298 g/mol. The number of rotatable bonds is 4. The standard InChI is InChI=1S/C18H21NO3/c1-10(2)14-7-12(22-4)8-16-15(14)9-17-13(5-6-19(16)17)11(3)18(20)21/h7-9,11,13H,1,5-6H2,2-4H3,(H,20,21)/p-1. The average Bonchev–Trinajstić information content (AvgIpc) is 3.03. The number of carboxylic acids is 1. The molecule has 1 aliphatic rings. The number of aromatic nitrogens is 1. The molecule has 2 heterocycles. The van der Waals surface area contributed by atoms with Gasteiger partial charge in [0.15, 0.2) is 0 Å². The Morgan fingerprint density at radius 2 is 2.18 bits per heavy atom. The van der Waals surface area contributed by atoms with Gasteiger partial charge in [-0.25, -0.2) is 0 Å². The van der Waals surface area contributed by atoms with Gasteiger partial charge in [0.05, 0.1) is 12.6 Å². The Bertz CT molecular complexity index is 772. The van der Waals surface area contributed by atoms with Crippen molar-refractivity contribution in [1.29, 1.82) is 0 Å². The normalized spacial score (nSPS) is 18.2. The molecule has 4 nitrogen and oxygen atoms in total. The average molecular weight is 298 g/mol. The van der Waals surface area contributed by atoms with E-state index in [-0.39, 0.29) is 5.92 Å². The second-order valence-corrected chi connectivity index (χ2v) is 6.11. The van der Waals surface area contributed by atoms with Crippen LogP contribution in [0.1, 0.15) is 37.4 Å². The van der Waals surface area contributed by atoms with E-state index in [1.807, 2.05) is 19.1 Å². The number of aliphatic carboxylic acids is 1. The number of methoxy groups -OCH3 is 1. The Hall–Kier alpha value is -2.23. The van der Waals surface area contributed by atoms with Crippen LogP contribution in [0.5, 0.6) is 5.75 Å². The van der Waals surface area contributed by atoms with Gasteiger partial charge < -0.3 is 19.2 Å². The Kier molecular flexibility index (Phi) is 3.47. The van der Waals surface area contributed by atoms with Gasteiger partial charge in [0.2, 0.25) is 0 Å². The number of allylic oxidation sites excluding steroid dienone is 1. The number of ether oxygens (including phenoxy) is 1. The summed E-state index contributed by atoms with van der Waals surface area (Å²) in [7, 11) is 1.65. The van der Waals surface area contributed by atoms with Crippen LogP contribution in [0.4, 0.5) is 0 Å². The predicted molar refractivity (Wildman–Crippen MR) is 84.7 cm³/mol. The lowest BCUT2D eigenvalue weighted by Gasteiger charge is -2.19. The number of aryl methyl sites for hydroxylation is 1. The van der Waals surface area contributed by atoms with Crippen molar-refractivity contribution in [3.63, 3.8) is 0 Å². The van der Waals surface area contributed by atoms with E-state index in [4.69, 9.17) is 4.74 Å². The third-order valence-electron chi connectivity index (χ3n) is 4.74. The number of hydrogen-bond donors (Lipinski definition) is 0. The molecule has 1 aromatic heterocycles. The first kappa shape index (κ1) is 14.7. The summed E-state index contributed by atoms with van der Waals surface area (Å²) < 4.78 is 7.60. The van der Waals surface area contributed by atoms with Crippen molar-refractivity contribution < 1.29 is 14.6 Å². The highest BCUT2D eigenvalue weighted by Crippen LogP contribution is 2.41. The summed E-state index contributed by atoms with van der Waals surface area (Å²) in [6.45, 7) is 8.57. The first-order valence-electron chi connectivity index (χ1n) is 7.52. The third-order valence-corrected chi connectivity index (χ3v) is 4.74. The van der Waals surface area contributed by atoms with Crippen LogP contribution in [0, 0.1) is 5.92 Å². The summed E-state index contributed by atoms with van der Waals surface area (Å²) in [5, 5.41) is 12.3. The molecule has 0 radical (unpaired) electrons. The number of carbonyl (C=O) groups is 1. The number of nitrogens with zero attached hydrogens (tertiary/aromatic N) is 1. The molecular formula is C18H20NO3-. The lowest BCUT2D eigenvalue weighted by atomic mass is 9.90. The van der Waals surface area contributed by atoms with Crippen molar-refractivity contribution in [1.82, 2.24) is 4.57 Å². The Labute approximate surface area is 130 Å². The molecule has 0 aliphatic carbocycles. The van der Waals surface area contributed by atoms with E-state index < -0.39 is 11.9 Å². The molecule has 0 saturated heterocycles. The first-order valence-corrected chi connectivity index (χ1v) is 7.52. The molecule has 0 N–H and O–H groups in total. The van der Waals surface area contributed by atoms with Crippen molar-refractivity contribution in [2.24, 2.45) is 5.92 Å². The van der Waals surface area contributed by atoms with Gasteiger partial charge in [-0.05, 0) is 31.0 Å². The highest BCUT2D eigenvalue weighted by Gasteiger charge is 2.30. The van der Waals surface area contributed by atoms with E-state index in [1.54, 1.807) is 14.0 Å². The molecule has 4 heteroatoms. The van der Waals surface area contributed by atoms with Crippen LogP contribution in [-0.4, -0.2) is 17.6 Å². The van der Waals surface area contributed by atoms with Crippen molar-refractivity contribution in [2.75, 3.05) is 7.11 Å². The van der Waals surface area contributed by atoms with Gasteiger partial charge in [0.25, 0.3) is 0 Å². The van der Waals surface area contributed by atoms with Crippen molar-refractivity contribution in [3.8, 4) is 5.75 Å². The number of fused-ring (bicyclic) bond motifs is 3. The maximum atomic E-state index is 11.2. The molecule has 0 spiro atoms. The number of carbonyl (C=O) groups excluding carboxylic acids is 1. The van der Waals surface area contributed by atoms with E-state index >= 15 is 0 Å². The van der Waals surface area contributed by atoms with E-state index in [2.05, 4.69) is 17.2 Å². The SMILES string of the molecule is C=C(C)c1cc(OC)cc2c1cc1n2CCC1C(C)C(=O)[O-]. The lowest BCUT2D eigenvalue weighted by Crippen LogP contribution is -2.32. The maximum Gasteiger partial charge on any atom is 0.121 e. The molecule has 116 valence electrons. The molecule has 0 amide bonds. The number of hydrogen-bond acceptors (Lipinski definition) is 3. The molecule has 1 aromatic carbocycles. The van der Waals surface area contributed by atoms with Gasteiger partial charge in [0, 0.05) is 41.5 Å². The second-order valence-electron chi connectivity index (χ2n) is 6.11. The van der Waals surface area contributed by atoms with Crippen LogP contribution < -0.4 is 9.84 Å². The van der Waals surface area contributed by atoms with E-state index in [0.29, 0.717) is 0 Å². The predicted octanol–water partition coefficient (Wildman–Crippen LogP) is 2.56. The zero-order valence-electron chi connectivity index (χ0n) is 13.2. The minimum Gasteiger partial charge on any atom is -0.550 e. The Morgan fingerprint density at radius 3 is 2.77 bits per heavy atom. The fourth-order valence-electron chi connectivity index (χ4n) is 3.47. The van der Waals surface area contributed by atoms with Crippen molar-refractivity contribution >= 4 is 22.4 Å². The van der Waals surface area contributed by atoms with Gasteiger partial charge in [-0.3, -0.25) is 0 Å². The van der Waals surface area contributed by atoms with Crippen LogP contribution in [0.3, 0.4) is 0 Å². The molecule has 0 fully saturated rings. The fraction of sp³-hybridized carbons (Fsp3) is 0.389. The van der Waals surface area contributed by atoms with Crippen LogP contribution in [-0.2, 0) is 11.3 Å². The topological polar surface area (TPSA) is 54.3 Å². The van der Waals surface area contributed by atoms with Crippen molar-refractivity contribution in [2.45, 2.75) is 32.7 Å². The first-order chi connectivity index (χ1) is 10.4. The maximum absolute atomic E-state index is 11.2. The second kappa shape index (κ2) is 5.20. The smallest absolute Gasteiger partial charge is 0.121 e. The van der Waals surface area contributed by atoms with Gasteiger partial charge in [-0.1, -0.05) is 19.1 Å². The number of carboxylic acid groups (broad SMARTS) is 1. The van der Waals surface area contributed by atoms with Gasteiger partial charge >= 0.3 is 0 Å². The molecule has 0 bridgehead atoms. The van der Waals surface area contributed by atoms with Crippen LogP contribution in [0.15, 0.2) is 24.8 Å². The van der Waals surface area contributed by atoms with Crippen molar-refractivity contribution in [3.05, 3.63) is 36.0 Å². The summed E-state index contributed by atoms with van der Waals surface area (Å²) in [5.41, 5.74) is 4.18. The molecule has 2 unspecified atom stereocenters. The fourth-order valence-corrected chi connectivity index (χ4v) is 3.47. The summed E-state index contributed by atoms with van der Waals surface area (Å²) >= 11 is 0. The zero-order chi connectivity index (χ0) is 16.0. The minimum atomic E-state index is -0.985. The van der Waals surface area contributed by atoms with E-state index in [9.17, 15) is 9.90 Å². The van der Waals surface area contributed by atoms with Gasteiger partial charge in [-0.2, -0.15) is 0 Å². The largest absolute Gasteiger partial charge is 0.550 e. The Morgan fingerprint density at radius 1 is 1.45 bits per heavy atom. The summed E-state index contributed by atoms with van der Waals surface area (Å²) in [5.74, 6) is -0.675. The van der Waals surface area contributed by atoms with Crippen LogP contribution in [0.25, 0.3) is 16.5 Å². The molecular weight excluding hydrogens is 278 g/mol. The van der Waals surface area contributed by atoms with Gasteiger partial charge in [0.1, 0.15) is 5.75 Å². The molecule has 0 saturated carbocycles. The quantitative estimate of drug-likeness (QED) is 0.871. The lowest BCUT2D eigenvalue weighted by molar-refractivity contribution is -0.311. The third kappa shape index (κ3) is 2.10. The van der Waals surface area contributed by atoms with E-state index in [0.717, 1.165) is 46.4 Å². The molecule has 22 heavy (non-hydrogen) atoms. The van der Waals surface area contributed by atoms with Crippen LogP contribution >= 0.6 is 0 Å². The summed E-state index contributed by atoms with van der Waals surface area (Å²) in [4.78, 5) is 11.2. The van der Waals surface area contributed by atoms with Crippen LogP contribution in [0.2, 0.25) is 0 Å². The summed E-state index contributed by atoms with van der Waals surface area (Å²) in [6.07, 6.45) is 0.833. The zero-order valence-corrected chi connectivity index (χ0v) is 13.2. The Balaban J connectivity index is 2.21. The van der Waals surface area contributed by atoms with E-state index in [1.165, 1.54) is 0 Å².